The van der Waals surface area contributed by atoms with Crippen LogP contribution in [0.3, 0.4) is 0 Å². The Morgan fingerprint density at radius 1 is 1.29 bits per heavy atom. The molecule has 0 bridgehead atoms. The maximum Gasteiger partial charge on any atom is 0.236 e. The molecule has 2 fully saturated rings. The molecule has 6 heteroatoms. The molecule has 21 heavy (non-hydrogen) atoms. The maximum absolute atomic E-state index is 12.3. The van der Waals surface area contributed by atoms with Gasteiger partial charge in [0.1, 0.15) is 0 Å². The van der Waals surface area contributed by atoms with Crippen molar-refractivity contribution in [2.45, 2.75) is 32.2 Å². The third kappa shape index (κ3) is 3.55. The van der Waals surface area contributed by atoms with E-state index in [4.69, 9.17) is 0 Å². The van der Waals surface area contributed by atoms with Crippen LogP contribution in [0.4, 0.5) is 5.13 Å². The second kappa shape index (κ2) is 6.75. The van der Waals surface area contributed by atoms with E-state index >= 15 is 0 Å². The van der Waals surface area contributed by atoms with Gasteiger partial charge in [-0.15, -0.1) is 11.3 Å². The molecule has 0 unspecified atom stereocenters. The van der Waals surface area contributed by atoms with E-state index in [2.05, 4.69) is 21.7 Å². The lowest BCUT2D eigenvalue weighted by Crippen LogP contribution is -2.54. The average Bonchev–Trinajstić information content (AvgIpc) is 3.02. The molecule has 2 aliphatic rings. The molecule has 0 aliphatic carbocycles. The van der Waals surface area contributed by atoms with Gasteiger partial charge in [0.2, 0.25) is 5.91 Å². The Balaban J connectivity index is 1.51. The molecule has 0 saturated carbocycles. The number of carbonyl (C=O) groups excluding carboxylic acids is 1. The average molecular weight is 308 g/mol. The lowest BCUT2D eigenvalue weighted by molar-refractivity contribution is -0.133. The van der Waals surface area contributed by atoms with E-state index in [0.717, 1.165) is 37.9 Å². The fourth-order valence-electron chi connectivity index (χ4n) is 3.25. The minimum Gasteiger partial charge on any atom is -0.343 e. The van der Waals surface area contributed by atoms with Crippen molar-refractivity contribution < 1.29 is 4.79 Å². The number of hydrogen-bond donors (Lipinski definition) is 0. The lowest BCUT2D eigenvalue weighted by Gasteiger charge is -2.40. The molecule has 3 rings (SSSR count). The normalized spacial score (nSPS) is 24.3. The molecule has 5 nitrogen and oxygen atoms in total. The number of anilines is 1. The summed E-state index contributed by atoms with van der Waals surface area (Å²) in [6.07, 6.45) is 5.46. The van der Waals surface area contributed by atoms with Crippen LogP contribution in [0.15, 0.2) is 11.6 Å². The second-order valence-corrected chi connectivity index (χ2v) is 6.91. The van der Waals surface area contributed by atoms with Crippen LogP contribution in [-0.4, -0.2) is 66.0 Å². The van der Waals surface area contributed by atoms with Crippen LogP contribution in [0, 0.1) is 0 Å². The van der Waals surface area contributed by atoms with E-state index in [-0.39, 0.29) is 0 Å². The highest BCUT2D eigenvalue weighted by Gasteiger charge is 2.27. The van der Waals surface area contributed by atoms with E-state index in [0.29, 0.717) is 18.5 Å². The van der Waals surface area contributed by atoms with Crippen molar-refractivity contribution in [3.63, 3.8) is 0 Å². The van der Waals surface area contributed by atoms with Gasteiger partial charge in [-0.3, -0.25) is 9.69 Å². The van der Waals surface area contributed by atoms with E-state index in [1.54, 1.807) is 11.3 Å². The Hall–Kier alpha value is -1.14. The summed E-state index contributed by atoms with van der Waals surface area (Å²) >= 11 is 1.69. The summed E-state index contributed by atoms with van der Waals surface area (Å²) in [5.74, 6) is 0.310. The zero-order valence-corrected chi connectivity index (χ0v) is 13.5. The number of carbonyl (C=O) groups is 1. The van der Waals surface area contributed by atoms with E-state index in [1.807, 2.05) is 16.5 Å². The number of rotatable bonds is 3. The first-order chi connectivity index (χ1) is 10.2. The van der Waals surface area contributed by atoms with Crippen LogP contribution in [0.5, 0.6) is 0 Å². The van der Waals surface area contributed by atoms with Gasteiger partial charge < -0.3 is 9.80 Å². The monoisotopic (exact) mass is 308 g/mol. The molecule has 1 atom stereocenters. The molecule has 1 aromatic heterocycles. The van der Waals surface area contributed by atoms with Gasteiger partial charge in [-0.2, -0.15) is 0 Å². The Labute approximate surface area is 130 Å². The number of hydrogen-bond acceptors (Lipinski definition) is 5. The molecule has 2 aliphatic heterocycles. The molecular weight excluding hydrogens is 284 g/mol. The molecular formula is C15H24N4OS. The van der Waals surface area contributed by atoms with Gasteiger partial charge in [0.05, 0.1) is 6.54 Å². The van der Waals surface area contributed by atoms with Gasteiger partial charge in [0, 0.05) is 50.3 Å². The van der Waals surface area contributed by atoms with Crippen molar-refractivity contribution in [1.29, 1.82) is 0 Å². The highest BCUT2D eigenvalue weighted by atomic mass is 32.1. The SMILES string of the molecule is C[C@H]1CN(CC(=O)N2CCCCC2)CCN1c1nccs1. The molecule has 1 amide bonds. The smallest absolute Gasteiger partial charge is 0.236 e. The van der Waals surface area contributed by atoms with Gasteiger partial charge in [0.15, 0.2) is 5.13 Å². The van der Waals surface area contributed by atoms with Gasteiger partial charge in [0.25, 0.3) is 0 Å². The second-order valence-electron chi connectivity index (χ2n) is 6.03. The lowest BCUT2D eigenvalue weighted by atomic mass is 10.1. The van der Waals surface area contributed by atoms with Crippen molar-refractivity contribution in [2.24, 2.45) is 0 Å². The minimum atomic E-state index is 0.310. The molecule has 3 heterocycles. The van der Waals surface area contributed by atoms with E-state index in [9.17, 15) is 4.79 Å². The first-order valence-corrected chi connectivity index (χ1v) is 8.78. The number of aromatic nitrogens is 1. The fraction of sp³-hybridized carbons (Fsp3) is 0.733. The standard InChI is InChI=1S/C15H24N4OS/c1-13-11-17(8-9-19(13)15-16-5-10-21-15)12-14(20)18-6-3-2-4-7-18/h5,10,13H,2-4,6-9,11-12H2,1H3/t13-/m0/s1. The zero-order valence-electron chi connectivity index (χ0n) is 12.7. The van der Waals surface area contributed by atoms with Crippen LogP contribution in [0.1, 0.15) is 26.2 Å². The third-order valence-electron chi connectivity index (χ3n) is 4.44. The van der Waals surface area contributed by atoms with Crippen LogP contribution in [0.25, 0.3) is 0 Å². The summed E-state index contributed by atoms with van der Waals surface area (Å²) in [4.78, 5) is 23.4. The maximum atomic E-state index is 12.3. The van der Waals surface area contributed by atoms with Crippen molar-refractivity contribution in [3.05, 3.63) is 11.6 Å². The Bertz CT molecular complexity index is 458. The van der Waals surface area contributed by atoms with Gasteiger partial charge in [-0.1, -0.05) is 0 Å². The van der Waals surface area contributed by atoms with Crippen molar-refractivity contribution in [1.82, 2.24) is 14.8 Å². The van der Waals surface area contributed by atoms with E-state index in [1.165, 1.54) is 19.3 Å². The number of amides is 1. The third-order valence-corrected chi connectivity index (χ3v) is 5.25. The quantitative estimate of drug-likeness (QED) is 0.851. The number of likely N-dealkylation sites (tertiary alicyclic amines) is 1. The van der Waals surface area contributed by atoms with Crippen LogP contribution in [0.2, 0.25) is 0 Å². The Morgan fingerprint density at radius 3 is 2.76 bits per heavy atom. The molecule has 0 radical (unpaired) electrons. The Kier molecular flexibility index (Phi) is 4.75. The first-order valence-electron chi connectivity index (χ1n) is 7.90. The first kappa shape index (κ1) is 14.8. The summed E-state index contributed by atoms with van der Waals surface area (Å²) in [6.45, 7) is 7.56. The summed E-state index contributed by atoms with van der Waals surface area (Å²) in [5.41, 5.74) is 0. The molecule has 0 aromatic carbocycles. The zero-order chi connectivity index (χ0) is 14.7. The van der Waals surface area contributed by atoms with E-state index < -0.39 is 0 Å². The molecule has 116 valence electrons. The highest BCUT2D eigenvalue weighted by Crippen LogP contribution is 2.22. The molecule has 0 spiro atoms. The highest BCUT2D eigenvalue weighted by molar-refractivity contribution is 7.13. The predicted molar refractivity (Wildman–Crippen MR) is 85.8 cm³/mol. The number of piperidine rings is 1. The molecule has 2 saturated heterocycles. The molecule has 0 N–H and O–H groups in total. The fourth-order valence-corrected chi connectivity index (χ4v) is 4.02. The summed E-state index contributed by atoms with van der Waals surface area (Å²) < 4.78 is 0. The topological polar surface area (TPSA) is 39.7 Å². The van der Waals surface area contributed by atoms with Crippen molar-refractivity contribution in [3.8, 4) is 0 Å². The van der Waals surface area contributed by atoms with Crippen LogP contribution < -0.4 is 4.90 Å². The minimum absolute atomic E-state index is 0.310. The summed E-state index contributed by atoms with van der Waals surface area (Å²) in [5, 5.41) is 3.12. The van der Waals surface area contributed by atoms with Gasteiger partial charge >= 0.3 is 0 Å². The van der Waals surface area contributed by atoms with Gasteiger partial charge in [-0.25, -0.2) is 4.98 Å². The Morgan fingerprint density at radius 2 is 2.10 bits per heavy atom. The van der Waals surface area contributed by atoms with Crippen molar-refractivity contribution in [2.75, 3.05) is 44.2 Å². The number of nitrogens with zero attached hydrogens (tertiary/aromatic N) is 4. The number of thiazole rings is 1. The number of piperazine rings is 1. The summed E-state index contributed by atoms with van der Waals surface area (Å²) in [7, 11) is 0. The van der Waals surface area contributed by atoms with Gasteiger partial charge in [-0.05, 0) is 26.2 Å². The van der Waals surface area contributed by atoms with Crippen molar-refractivity contribution >= 4 is 22.4 Å². The largest absolute Gasteiger partial charge is 0.343 e. The van der Waals surface area contributed by atoms with Crippen LogP contribution >= 0.6 is 11.3 Å². The molecule has 1 aromatic rings. The predicted octanol–water partition coefficient (Wildman–Crippen LogP) is 1.67. The summed E-state index contributed by atoms with van der Waals surface area (Å²) in [6, 6.07) is 0.416. The van der Waals surface area contributed by atoms with Crippen LogP contribution in [-0.2, 0) is 4.79 Å².